The number of benzene rings is 2. The number of nitrogens with zero attached hydrogens (tertiary/aromatic N) is 2. The van der Waals surface area contributed by atoms with Crippen molar-refractivity contribution in [3.05, 3.63) is 65.2 Å². The summed E-state index contributed by atoms with van der Waals surface area (Å²) in [5.41, 5.74) is 4.27. The first-order valence-corrected chi connectivity index (χ1v) is 7.57. The zero-order chi connectivity index (χ0) is 16.4. The molecule has 2 aromatic carbocycles. The van der Waals surface area contributed by atoms with Gasteiger partial charge in [0.2, 0.25) is 0 Å². The normalized spacial score (nSPS) is 16.0. The van der Waals surface area contributed by atoms with Gasteiger partial charge in [-0.2, -0.15) is 5.10 Å². The monoisotopic (exact) mass is 305 g/mol. The summed E-state index contributed by atoms with van der Waals surface area (Å²) in [7, 11) is 0. The molecule has 3 rings (SSSR count). The van der Waals surface area contributed by atoms with Gasteiger partial charge in [-0.1, -0.05) is 63.2 Å². The van der Waals surface area contributed by atoms with Gasteiger partial charge >= 0.3 is 0 Å². The lowest BCUT2D eigenvalue weighted by Crippen LogP contribution is -2.13. The number of fused-ring (bicyclic) bond motifs is 1. The van der Waals surface area contributed by atoms with Gasteiger partial charge in [-0.3, -0.25) is 4.79 Å². The number of hydrogen-bond acceptors (Lipinski definition) is 3. The molecule has 1 heterocycles. The van der Waals surface area contributed by atoms with Crippen LogP contribution in [-0.2, 0) is 10.2 Å². The van der Waals surface area contributed by atoms with Gasteiger partial charge < -0.3 is 5.32 Å². The summed E-state index contributed by atoms with van der Waals surface area (Å²) in [5, 5.41) is 10.9. The molecule has 0 bridgehead atoms. The number of anilines is 1. The van der Waals surface area contributed by atoms with Crippen molar-refractivity contribution in [3.8, 4) is 0 Å². The maximum absolute atomic E-state index is 11.9. The van der Waals surface area contributed by atoms with Crippen LogP contribution in [0.2, 0.25) is 0 Å². The molecule has 1 N–H and O–H groups in total. The average Bonchev–Trinajstić information content (AvgIpc) is 2.83. The molecule has 0 saturated heterocycles. The Labute approximate surface area is 136 Å². The van der Waals surface area contributed by atoms with E-state index in [0.717, 1.165) is 16.8 Å². The van der Waals surface area contributed by atoms with Gasteiger partial charge in [0, 0.05) is 5.56 Å². The molecule has 2 aromatic rings. The molecule has 0 atom stereocenters. The fraction of sp³-hybridized carbons (Fsp3) is 0.211. The molecular weight excluding hydrogens is 286 g/mol. The molecule has 0 saturated carbocycles. The Morgan fingerprint density at radius 2 is 1.70 bits per heavy atom. The Morgan fingerprint density at radius 3 is 2.39 bits per heavy atom. The van der Waals surface area contributed by atoms with Crippen molar-refractivity contribution in [2.24, 2.45) is 10.2 Å². The quantitative estimate of drug-likeness (QED) is 0.666. The molecular formula is C19H19N3O. The molecule has 23 heavy (non-hydrogen) atoms. The van der Waals surface area contributed by atoms with Crippen LogP contribution >= 0.6 is 0 Å². The lowest BCUT2D eigenvalue weighted by Gasteiger charge is -2.18. The van der Waals surface area contributed by atoms with E-state index in [4.69, 9.17) is 0 Å². The van der Waals surface area contributed by atoms with Crippen LogP contribution < -0.4 is 5.32 Å². The highest BCUT2D eigenvalue weighted by molar-refractivity contribution is 6.53. The van der Waals surface area contributed by atoms with Crippen molar-refractivity contribution in [1.82, 2.24) is 0 Å². The summed E-state index contributed by atoms with van der Waals surface area (Å²) < 4.78 is 0. The molecule has 1 aliphatic heterocycles. The third kappa shape index (κ3) is 3.21. The van der Waals surface area contributed by atoms with Crippen LogP contribution in [0.15, 0.2) is 58.7 Å². The third-order valence-electron chi connectivity index (χ3n) is 3.79. The lowest BCUT2D eigenvalue weighted by molar-refractivity contribution is -0.110. The first kappa shape index (κ1) is 15.2. The van der Waals surface area contributed by atoms with Gasteiger partial charge in [0.15, 0.2) is 5.71 Å². The minimum Gasteiger partial charge on any atom is -0.320 e. The standard InChI is InChI=1S/C19H19N3O/c1-19(2,3)14-10-8-13(9-11-14)12-20-22-17-15-6-4-5-7-16(15)21-18(17)23/h4-12H,1-3H3,(H,21,22,23). The number of para-hydroxylation sites is 1. The summed E-state index contributed by atoms with van der Waals surface area (Å²) in [6, 6.07) is 15.7. The van der Waals surface area contributed by atoms with Gasteiger partial charge in [0.05, 0.1) is 11.9 Å². The Hall–Kier alpha value is -2.75. The summed E-state index contributed by atoms with van der Waals surface area (Å²) in [5.74, 6) is -0.216. The van der Waals surface area contributed by atoms with E-state index < -0.39 is 0 Å². The number of nitrogens with one attached hydrogen (secondary N) is 1. The van der Waals surface area contributed by atoms with Crippen LogP contribution in [0.3, 0.4) is 0 Å². The van der Waals surface area contributed by atoms with Gasteiger partial charge in [-0.25, -0.2) is 0 Å². The first-order chi connectivity index (χ1) is 10.9. The summed E-state index contributed by atoms with van der Waals surface area (Å²) in [6.45, 7) is 6.54. The SMILES string of the molecule is CC(C)(C)c1ccc(C=NN=C2C(=O)Nc3ccccc32)cc1. The van der Waals surface area contributed by atoms with Crippen LogP contribution in [0.4, 0.5) is 5.69 Å². The van der Waals surface area contributed by atoms with Crippen LogP contribution in [0, 0.1) is 0 Å². The van der Waals surface area contributed by atoms with Gasteiger partial charge in [-0.05, 0) is 22.6 Å². The minimum absolute atomic E-state index is 0.127. The second-order valence-corrected chi connectivity index (χ2v) is 6.56. The van der Waals surface area contributed by atoms with Crippen molar-refractivity contribution in [2.45, 2.75) is 26.2 Å². The fourth-order valence-electron chi connectivity index (χ4n) is 2.42. The molecule has 0 fully saturated rings. The van der Waals surface area contributed by atoms with Crippen molar-refractivity contribution >= 4 is 23.5 Å². The molecule has 0 radical (unpaired) electrons. The van der Waals surface area contributed by atoms with E-state index in [9.17, 15) is 4.79 Å². The van der Waals surface area contributed by atoms with E-state index in [1.807, 2.05) is 36.4 Å². The van der Waals surface area contributed by atoms with E-state index in [0.29, 0.717) is 5.71 Å². The molecule has 116 valence electrons. The van der Waals surface area contributed by atoms with Crippen LogP contribution in [-0.4, -0.2) is 17.8 Å². The average molecular weight is 305 g/mol. The van der Waals surface area contributed by atoms with Gasteiger partial charge in [0.25, 0.3) is 5.91 Å². The van der Waals surface area contributed by atoms with E-state index >= 15 is 0 Å². The predicted octanol–water partition coefficient (Wildman–Crippen LogP) is 3.76. The first-order valence-electron chi connectivity index (χ1n) is 7.57. The highest BCUT2D eigenvalue weighted by Gasteiger charge is 2.25. The number of rotatable bonds is 2. The number of hydrogen-bond donors (Lipinski definition) is 1. The highest BCUT2D eigenvalue weighted by Crippen LogP contribution is 2.23. The van der Waals surface area contributed by atoms with Crippen molar-refractivity contribution < 1.29 is 4.79 Å². The minimum atomic E-state index is -0.216. The zero-order valence-corrected chi connectivity index (χ0v) is 13.5. The smallest absolute Gasteiger partial charge is 0.276 e. The second kappa shape index (κ2) is 5.80. The molecule has 1 amide bonds. The molecule has 1 aliphatic rings. The van der Waals surface area contributed by atoms with E-state index in [2.05, 4.69) is 48.4 Å². The van der Waals surface area contributed by atoms with Crippen LogP contribution in [0.5, 0.6) is 0 Å². The molecule has 0 aromatic heterocycles. The van der Waals surface area contributed by atoms with Crippen molar-refractivity contribution in [3.63, 3.8) is 0 Å². The zero-order valence-electron chi connectivity index (χ0n) is 13.5. The molecule has 0 aliphatic carbocycles. The van der Waals surface area contributed by atoms with E-state index in [1.165, 1.54) is 5.56 Å². The van der Waals surface area contributed by atoms with Crippen LogP contribution in [0.1, 0.15) is 37.5 Å². The Kier molecular flexibility index (Phi) is 3.82. The summed E-state index contributed by atoms with van der Waals surface area (Å²) in [4.78, 5) is 11.9. The Bertz CT molecular complexity index is 796. The Balaban J connectivity index is 1.80. The predicted molar refractivity (Wildman–Crippen MR) is 94.3 cm³/mol. The number of carbonyl (C=O) groups is 1. The lowest BCUT2D eigenvalue weighted by atomic mass is 9.87. The van der Waals surface area contributed by atoms with Gasteiger partial charge in [0.1, 0.15) is 0 Å². The Morgan fingerprint density at radius 1 is 1.00 bits per heavy atom. The largest absolute Gasteiger partial charge is 0.320 e. The van der Waals surface area contributed by atoms with E-state index in [1.54, 1.807) is 6.21 Å². The van der Waals surface area contributed by atoms with Crippen molar-refractivity contribution in [2.75, 3.05) is 5.32 Å². The molecule has 4 nitrogen and oxygen atoms in total. The number of carbonyl (C=O) groups excluding carboxylic acids is 1. The van der Waals surface area contributed by atoms with Gasteiger partial charge in [-0.15, -0.1) is 5.10 Å². The second-order valence-electron chi connectivity index (χ2n) is 6.56. The third-order valence-corrected chi connectivity index (χ3v) is 3.79. The summed E-state index contributed by atoms with van der Waals surface area (Å²) >= 11 is 0. The number of amides is 1. The molecule has 0 spiro atoms. The maximum Gasteiger partial charge on any atom is 0.276 e. The topological polar surface area (TPSA) is 53.8 Å². The molecule has 0 unspecified atom stereocenters. The highest BCUT2D eigenvalue weighted by atomic mass is 16.2. The summed E-state index contributed by atoms with van der Waals surface area (Å²) in [6.07, 6.45) is 1.66. The maximum atomic E-state index is 11.9. The van der Waals surface area contributed by atoms with E-state index in [-0.39, 0.29) is 11.3 Å². The van der Waals surface area contributed by atoms with Crippen LogP contribution in [0.25, 0.3) is 0 Å². The fourth-order valence-corrected chi connectivity index (χ4v) is 2.42. The van der Waals surface area contributed by atoms with Crippen molar-refractivity contribution in [1.29, 1.82) is 0 Å². The molecule has 4 heteroatoms.